The zero-order valence-electron chi connectivity index (χ0n) is 30.4. The van der Waals surface area contributed by atoms with Crippen molar-refractivity contribution in [1.82, 2.24) is 0 Å². The molecule has 2 unspecified atom stereocenters. The summed E-state index contributed by atoms with van der Waals surface area (Å²) in [7, 11) is 0. The Kier molecular flexibility index (Phi) is 12.3. The third kappa shape index (κ3) is 9.86. The predicted octanol–water partition coefficient (Wildman–Crippen LogP) is 10.2. The van der Waals surface area contributed by atoms with Crippen molar-refractivity contribution in [3.05, 3.63) is 158 Å². The molecule has 6 aromatic carbocycles. The first-order chi connectivity index (χ1) is 26.2. The van der Waals surface area contributed by atoms with E-state index in [1.807, 2.05) is 133 Å². The zero-order chi connectivity index (χ0) is 37.9. The number of benzene rings is 6. The van der Waals surface area contributed by atoms with Crippen LogP contribution in [0.4, 0.5) is 0 Å². The molecular weight excluding hydrogens is 680 g/mol. The molecule has 6 aromatic rings. The van der Waals surface area contributed by atoms with Gasteiger partial charge in [0.1, 0.15) is 23.0 Å². The van der Waals surface area contributed by atoms with E-state index in [1.54, 1.807) is 13.8 Å². The van der Waals surface area contributed by atoms with E-state index >= 15 is 0 Å². The fraction of sp³-hybridized carbons (Fsp3) is 0.174. The van der Waals surface area contributed by atoms with Gasteiger partial charge in [-0.2, -0.15) is 0 Å². The lowest BCUT2D eigenvalue weighted by molar-refractivity contribution is -0.161. The molecular formula is C46H42O8. The van der Waals surface area contributed by atoms with Crippen molar-refractivity contribution in [3.63, 3.8) is 0 Å². The van der Waals surface area contributed by atoms with Crippen LogP contribution in [0.1, 0.15) is 26.7 Å². The maximum absolute atomic E-state index is 12.4. The second-order valence-electron chi connectivity index (χ2n) is 12.7. The Balaban J connectivity index is 1.02. The molecule has 0 heterocycles. The second kappa shape index (κ2) is 17.8. The molecule has 274 valence electrons. The smallest absolute Gasteiger partial charge is 0.336 e. The third-order valence-corrected chi connectivity index (χ3v) is 8.48. The van der Waals surface area contributed by atoms with Crippen molar-refractivity contribution in [2.75, 3.05) is 13.2 Å². The molecule has 8 heteroatoms. The quantitative estimate of drug-likeness (QED) is 0.0522. The van der Waals surface area contributed by atoms with E-state index in [-0.39, 0.29) is 24.4 Å². The molecule has 0 aliphatic heterocycles. The zero-order valence-corrected chi connectivity index (χ0v) is 30.4. The highest BCUT2D eigenvalue weighted by atomic mass is 16.7. The highest BCUT2D eigenvalue weighted by Crippen LogP contribution is 2.29. The van der Waals surface area contributed by atoms with Gasteiger partial charge in [0, 0.05) is 21.9 Å². The number of hydrogen-bond acceptors (Lipinski definition) is 8. The van der Waals surface area contributed by atoms with Crippen LogP contribution in [0.3, 0.4) is 0 Å². The lowest BCUT2D eigenvalue weighted by Crippen LogP contribution is -2.27. The number of rotatable bonds is 17. The average Bonchev–Trinajstić information content (AvgIpc) is 3.18. The number of ether oxygens (including phenoxy) is 6. The summed E-state index contributed by atoms with van der Waals surface area (Å²) < 4.78 is 35.6. The third-order valence-electron chi connectivity index (χ3n) is 8.48. The first-order valence-electron chi connectivity index (χ1n) is 17.7. The van der Waals surface area contributed by atoms with Crippen molar-refractivity contribution < 1.29 is 38.0 Å². The molecule has 0 radical (unpaired) electrons. The van der Waals surface area contributed by atoms with Gasteiger partial charge in [-0.05, 0) is 72.1 Å². The maximum Gasteiger partial charge on any atom is 0.336 e. The summed E-state index contributed by atoms with van der Waals surface area (Å²) in [5.74, 6) is 1.52. The van der Waals surface area contributed by atoms with E-state index in [0.29, 0.717) is 35.8 Å². The van der Waals surface area contributed by atoms with E-state index < -0.39 is 24.5 Å². The Hall–Kier alpha value is -6.54. The summed E-state index contributed by atoms with van der Waals surface area (Å²) in [5.41, 5.74) is 2.57. The molecule has 0 aromatic heterocycles. The number of hydrogen-bond donors (Lipinski definition) is 0. The number of esters is 2. The van der Waals surface area contributed by atoms with E-state index in [4.69, 9.17) is 28.4 Å². The standard InChI is InChI=1S/C46H42O8/c1-31(2)45(47)53-43(51-41-17-9-13-35-11-5-7-15-39(35)41)27-29-49-37-23-19-33(20-24-37)34-21-25-38(26-22-34)50-30-28-44(54-46(48)32(3)4)52-42-18-10-14-36-12-6-8-16-40(36)42/h5-26,43-44H,1,3,27-30H2,2,4H3. The lowest BCUT2D eigenvalue weighted by atomic mass is 10.1. The number of carbonyl (C=O) groups is 2. The molecule has 0 bridgehead atoms. The lowest BCUT2D eigenvalue weighted by Gasteiger charge is -2.21. The van der Waals surface area contributed by atoms with Crippen LogP contribution in [0.25, 0.3) is 32.7 Å². The fourth-order valence-corrected chi connectivity index (χ4v) is 5.64. The Labute approximate surface area is 315 Å². The monoisotopic (exact) mass is 722 g/mol. The van der Waals surface area contributed by atoms with E-state index in [2.05, 4.69) is 13.2 Å². The van der Waals surface area contributed by atoms with Gasteiger partial charge < -0.3 is 28.4 Å². The first kappa shape index (κ1) is 37.2. The van der Waals surface area contributed by atoms with Gasteiger partial charge in [-0.15, -0.1) is 0 Å². The van der Waals surface area contributed by atoms with Crippen LogP contribution in [0.2, 0.25) is 0 Å². The molecule has 54 heavy (non-hydrogen) atoms. The number of carbonyl (C=O) groups excluding carboxylic acids is 2. The van der Waals surface area contributed by atoms with Gasteiger partial charge in [0.05, 0.1) is 26.1 Å². The summed E-state index contributed by atoms with van der Waals surface area (Å²) in [4.78, 5) is 24.8. The Morgan fingerprint density at radius 2 is 0.870 bits per heavy atom. The van der Waals surface area contributed by atoms with E-state index in [9.17, 15) is 9.59 Å². The second-order valence-corrected chi connectivity index (χ2v) is 12.7. The molecule has 2 atom stereocenters. The van der Waals surface area contributed by atoms with Crippen LogP contribution < -0.4 is 18.9 Å². The van der Waals surface area contributed by atoms with Gasteiger partial charge in [0.15, 0.2) is 0 Å². The molecule has 0 aliphatic carbocycles. The molecule has 0 saturated carbocycles. The molecule has 0 N–H and O–H groups in total. The molecule has 0 saturated heterocycles. The Morgan fingerprint density at radius 1 is 0.500 bits per heavy atom. The topological polar surface area (TPSA) is 89.5 Å². The summed E-state index contributed by atoms with van der Waals surface area (Å²) in [6.45, 7) is 11.1. The van der Waals surface area contributed by atoms with Crippen molar-refractivity contribution in [1.29, 1.82) is 0 Å². The summed E-state index contributed by atoms with van der Waals surface area (Å²) in [6.07, 6.45) is -1.13. The molecule has 6 rings (SSSR count). The van der Waals surface area contributed by atoms with Gasteiger partial charge >= 0.3 is 11.9 Å². The summed E-state index contributed by atoms with van der Waals surface area (Å²) in [5, 5.41) is 3.89. The molecule has 0 aliphatic rings. The number of fused-ring (bicyclic) bond motifs is 2. The van der Waals surface area contributed by atoms with Crippen LogP contribution in [0, 0.1) is 0 Å². The normalized spacial score (nSPS) is 12.0. The predicted molar refractivity (Wildman–Crippen MR) is 211 cm³/mol. The Morgan fingerprint density at radius 3 is 1.26 bits per heavy atom. The largest absolute Gasteiger partial charge is 0.493 e. The van der Waals surface area contributed by atoms with Gasteiger partial charge in [0.25, 0.3) is 0 Å². The van der Waals surface area contributed by atoms with Gasteiger partial charge in [-0.1, -0.05) is 110 Å². The van der Waals surface area contributed by atoms with Crippen LogP contribution in [0.5, 0.6) is 23.0 Å². The van der Waals surface area contributed by atoms with Crippen LogP contribution in [-0.4, -0.2) is 37.7 Å². The summed E-state index contributed by atoms with van der Waals surface area (Å²) >= 11 is 0. The molecule has 0 spiro atoms. The van der Waals surface area contributed by atoms with Crippen LogP contribution in [-0.2, 0) is 19.1 Å². The van der Waals surface area contributed by atoms with E-state index in [0.717, 1.165) is 32.7 Å². The first-order valence-corrected chi connectivity index (χ1v) is 17.7. The van der Waals surface area contributed by atoms with Crippen molar-refractivity contribution >= 4 is 33.5 Å². The highest BCUT2D eigenvalue weighted by Gasteiger charge is 2.20. The van der Waals surface area contributed by atoms with Crippen molar-refractivity contribution in [2.45, 2.75) is 39.3 Å². The van der Waals surface area contributed by atoms with Gasteiger partial charge in [-0.3, -0.25) is 0 Å². The molecule has 0 amide bonds. The van der Waals surface area contributed by atoms with Crippen molar-refractivity contribution in [3.8, 4) is 34.1 Å². The maximum atomic E-state index is 12.4. The minimum absolute atomic E-state index is 0.254. The van der Waals surface area contributed by atoms with Crippen LogP contribution >= 0.6 is 0 Å². The average molecular weight is 723 g/mol. The minimum atomic E-state index is -0.867. The SMILES string of the molecule is C=C(C)C(=O)OC(CCOc1ccc(-c2ccc(OCCC(OC(=O)C(=C)C)Oc3cccc4ccccc34)cc2)cc1)Oc1cccc2ccccc12. The molecule has 8 nitrogen and oxygen atoms in total. The molecule has 0 fully saturated rings. The van der Waals surface area contributed by atoms with Crippen molar-refractivity contribution in [2.24, 2.45) is 0 Å². The highest BCUT2D eigenvalue weighted by molar-refractivity contribution is 5.90. The van der Waals surface area contributed by atoms with Gasteiger partial charge in [-0.25, -0.2) is 9.59 Å². The van der Waals surface area contributed by atoms with Gasteiger partial charge in [0.2, 0.25) is 12.6 Å². The summed E-state index contributed by atoms with van der Waals surface area (Å²) in [6, 6.07) is 42.7. The fourth-order valence-electron chi connectivity index (χ4n) is 5.64. The Bertz CT molecular complexity index is 2070. The minimum Gasteiger partial charge on any atom is -0.493 e. The van der Waals surface area contributed by atoms with Crippen LogP contribution in [0.15, 0.2) is 158 Å². The van der Waals surface area contributed by atoms with E-state index in [1.165, 1.54) is 0 Å².